The Morgan fingerprint density at radius 2 is 0.689 bits per heavy atom. The van der Waals surface area contributed by atoms with Gasteiger partial charge < -0.3 is 4.74 Å². The first-order chi connectivity index (χ1) is 30.1. The second-order valence-electron chi connectivity index (χ2n) is 17.0. The van der Waals surface area contributed by atoms with E-state index in [1.807, 2.05) is 24.8 Å². The van der Waals surface area contributed by atoms with Gasteiger partial charge in [-0.3, -0.25) is 19.9 Å². The van der Waals surface area contributed by atoms with Crippen LogP contribution < -0.4 is 0 Å². The van der Waals surface area contributed by atoms with E-state index in [-0.39, 0.29) is 0 Å². The fraction of sp³-hybridized carbons (Fsp3) is 0.429. The lowest BCUT2D eigenvalue weighted by molar-refractivity contribution is 0.0258. The summed E-state index contributed by atoms with van der Waals surface area (Å²) in [5.74, 6) is 0. The first-order valence-corrected chi connectivity index (χ1v) is 23.7. The van der Waals surface area contributed by atoms with Crippen molar-refractivity contribution in [3.8, 4) is 22.5 Å². The van der Waals surface area contributed by atoms with Crippen LogP contribution in [0.4, 0.5) is 0 Å². The predicted octanol–water partition coefficient (Wildman–Crippen LogP) is 15.2. The number of aromatic nitrogens is 4. The van der Waals surface area contributed by atoms with Crippen LogP contribution in [0.1, 0.15) is 175 Å². The zero-order valence-corrected chi connectivity index (χ0v) is 37.6. The molecule has 5 heteroatoms. The third-order valence-electron chi connectivity index (χ3n) is 11.9. The molecular formula is C56H70N4O. The lowest BCUT2D eigenvalue weighted by Crippen LogP contribution is -2.16. The van der Waals surface area contributed by atoms with Gasteiger partial charge in [0.05, 0.1) is 47.6 Å². The molecule has 2 atom stereocenters. The SMILES string of the molecule is CCCCCCCCc1ccc(C(OC(c2ccc(CCCCCCCC)cc2)c2cnc(-c3ccc(CCC)cc3)cn2)c2cnc(-c3ccc(CCC)cc3)cn2)cc1. The number of aryl methyl sites for hydroxylation is 4. The number of hydrogen-bond acceptors (Lipinski definition) is 5. The molecule has 2 aromatic heterocycles. The van der Waals surface area contributed by atoms with Crippen LogP contribution in [0.5, 0.6) is 0 Å². The molecule has 0 fully saturated rings. The molecule has 6 rings (SSSR count). The number of hydrogen-bond donors (Lipinski definition) is 0. The van der Waals surface area contributed by atoms with Gasteiger partial charge in [-0.2, -0.15) is 0 Å². The molecule has 2 unspecified atom stereocenters. The number of rotatable bonds is 26. The van der Waals surface area contributed by atoms with Gasteiger partial charge in [0.15, 0.2) is 0 Å². The van der Waals surface area contributed by atoms with E-state index in [9.17, 15) is 0 Å². The molecule has 0 bridgehead atoms. The van der Waals surface area contributed by atoms with E-state index in [4.69, 9.17) is 24.7 Å². The standard InChI is InChI=1S/C56H70N4O/c1-5-9-11-13-15-17-21-45-27-35-49(36-28-45)55(53-41-57-51(39-59-53)47-31-23-43(19-7-3)24-32-47)61-56(50-37-29-46(30-38-50)22-18-16-14-12-10-6-2)54-42-58-52(40-60-54)48-33-25-44(20-8-4)26-34-48/h23-42,55-56H,5-22H2,1-4H3. The highest BCUT2D eigenvalue weighted by Gasteiger charge is 2.26. The highest BCUT2D eigenvalue weighted by atomic mass is 16.5. The predicted molar refractivity (Wildman–Crippen MR) is 255 cm³/mol. The summed E-state index contributed by atoms with van der Waals surface area (Å²) in [4.78, 5) is 20.1. The molecule has 0 saturated carbocycles. The van der Waals surface area contributed by atoms with Gasteiger partial charge in [0.25, 0.3) is 0 Å². The topological polar surface area (TPSA) is 60.8 Å². The van der Waals surface area contributed by atoms with Crippen LogP contribution in [0, 0.1) is 0 Å². The molecule has 320 valence electrons. The summed E-state index contributed by atoms with van der Waals surface area (Å²) in [5.41, 5.74) is 12.8. The largest absolute Gasteiger partial charge is 0.353 e. The quantitative estimate of drug-likeness (QED) is 0.0511. The van der Waals surface area contributed by atoms with Gasteiger partial charge in [-0.1, -0.05) is 202 Å². The smallest absolute Gasteiger partial charge is 0.127 e. The van der Waals surface area contributed by atoms with Crippen molar-refractivity contribution >= 4 is 0 Å². The summed E-state index contributed by atoms with van der Waals surface area (Å²) < 4.78 is 7.32. The third kappa shape index (κ3) is 14.0. The van der Waals surface area contributed by atoms with Gasteiger partial charge in [-0.15, -0.1) is 0 Å². The Morgan fingerprint density at radius 1 is 0.344 bits per heavy atom. The minimum Gasteiger partial charge on any atom is -0.353 e. The Hall–Kier alpha value is -5.00. The summed E-state index contributed by atoms with van der Waals surface area (Å²) in [6, 6.07) is 35.4. The van der Waals surface area contributed by atoms with Gasteiger partial charge >= 0.3 is 0 Å². The monoisotopic (exact) mass is 815 g/mol. The third-order valence-corrected chi connectivity index (χ3v) is 11.9. The molecule has 2 heterocycles. The van der Waals surface area contributed by atoms with Gasteiger partial charge in [0.1, 0.15) is 12.2 Å². The minimum atomic E-state index is -0.489. The highest BCUT2D eigenvalue weighted by Crippen LogP contribution is 2.36. The molecule has 61 heavy (non-hydrogen) atoms. The Balaban J connectivity index is 1.30. The van der Waals surface area contributed by atoms with Gasteiger partial charge in [0.2, 0.25) is 0 Å². The molecule has 6 aromatic rings. The molecule has 0 amide bonds. The van der Waals surface area contributed by atoms with E-state index in [1.54, 1.807) is 0 Å². The maximum atomic E-state index is 7.32. The average molecular weight is 815 g/mol. The van der Waals surface area contributed by atoms with Crippen LogP contribution in [-0.2, 0) is 30.4 Å². The van der Waals surface area contributed by atoms with Crippen molar-refractivity contribution in [2.45, 2.75) is 155 Å². The molecule has 0 aliphatic carbocycles. The Morgan fingerprint density at radius 3 is 1.03 bits per heavy atom. The maximum absolute atomic E-state index is 7.32. The summed E-state index contributed by atoms with van der Waals surface area (Å²) in [6.45, 7) is 8.98. The fourth-order valence-electron chi connectivity index (χ4n) is 8.22. The van der Waals surface area contributed by atoms with E-state index in [0.717, 1.165) is 83.6 Å². The first kappa shape index (κ1) is 45.5. The van der Waals surface area contributed by atoms with Crippen molar-refractivity contribution in [1.29, 1.82) is 0 Å². The second kappa shape index (κ2) is 25.1. The van der Waals surface area contributed by atoms with Crippen molar-refractivity contribution in [2.24, 2.45) is 0 Å². The molecule has 0 spiro atoms. The minimum absolute atomic E-state index is 0.489. The lowest BCUT2D eigenvalue weighted by atomic mass is 9.99. The molecule has 5 nitrogen and oxygen atoms in total. The summed E-state index contributed by atoms with van der Waals surface area (Å²) in [7, 11) is 0. The molecule has 0 aliphatic heterocycles. The van der Waals surface area contributed by atoms with Crippen LogP contribution in [-0.4, -0.2) is 19.9 Å². The molecule has 0 aliphatic rings. The van der Waals surface area contributed by atoms with E-state index < -0.39 is 12.2 Å². The van der Waals surface area contributed by atoms with E-state index in [0.29, 0.717) is 0 Å². The van der Waals surface area contributed by atoms with Crippen molar-refractivity contribution < 1.29 is 4.74 Å². The van der Waals surface area contributed by atoms with Crippen molar-refractivity contribution in [3.05, 3.63) is 167 Å². The lowest BCUT2D eigenvalue weighted by Gasteiger charge is -2.25. The Labute approximate surface area is 367 Å². The summed E-state index contributed by atoms with van der Waals surface area (Å²) in [6.07, 6.45) is 28.6. The van der Waals surface area contributed by atoms with Gasteiger partial charge in [-0.05, 0) is 71.9 Å². The summed E-state index contributed by atoms with van der Waals surface area (Å²) in [5, 5.41) is 0. The number of ether oxygens (including phenoxy) is 1. The molecule has 4 aromatic carbocycles. The van der Waals surface area contributed by atoms with Gasteiger partial charge in [-0.25, -0.2) is 0 Å². The van der Waals surface area contributed by atoms with Crippen LogP contribution in [0.25, 0.3) is 22.5 Å². The number of benzene rings is 4. The number of unbranched alkanes of at least 4 members (excludes halogenated alkanes) is 10. The molecular weight excluding hydrogens is 745 g/mol. The molecule has 0 radical (unpaired) electrons. The first-order valence-electron chi connectivity index (χ1n) is 23.7. The van der Waals surface area contributed by atoms with Crippen molar-refractivity contribution in [1.82, 2.24) is 19.9 Å². The van der Waals surface area contributed by atoms with Crippen molar-refractivity contribution in [3.63, 3.8) is 0 Å². The average Bonchev–Trinajstić information content (AvgIpc) is 3.31. The maximum Gasteiger partial charge on any atom is 0.127 e. The second-order valence-corrected chi connectivity index (χ2v) is 17.0. The number of nitrogens with zero attached hydrogens (tertiary/aromatic N) is 4. The van der Waals surface area contributed by atoms with Crippen molar-refractivity contribution in [2.75, 3.05) is 0 Å². The van der Waals surface area contributed by atoms with Crippen LogP contribution in [0.15, 0.2) is 122 Å². The van der Waals surface area contributed by atoms with E-state index in [1.165, 1.54) is 99.3 Å². The van der Waals surface area contributed by atoms with E-state index >= 15 is 0 Å². The van der Waals surface area contributed by atoms with Crippen LogP contribution >= 0.6 is 0 Å². The molecule has 0 N–H and O–H groups in total. The zero-order valence-electron chi connectivity index (χ0n) is 37.6. The Bertz CT molecular complexity index is 1940. The fourth-order valence-corrected chi connectivity index (χ4v) is 8.22. The van der Waals surface area contributed by atoms with E-state index in [2.05, 4.69) is 125 Å². The van der Waals surface area contributed by atoms with Crippen LogP contribution in [0.3, 0.4) is 0 Å². The van der Waals surface area contributed by atoms with Crippen LogP contribution in [0.2, 0.25) is 0 Å². The Kier molecular flexibility index (Phi) is 18.7. The highest BCUT2D eigenvalue weighted by molar-refractivity contribution is 5.59. The molecule has 0 saturated heterocycles. The van der Waals surface area contributed by atoms with Gasteiger partial charge in [0, 0.05) is 11.1 Å². The normalized spacial score (nSPS) is 12.4. The zero-order chi connectivity index (χ0) is 42.5. The summed E-state index contributed by atoms with van der Waals surface area (Å²) >= 11 is 0.